The quantitative estimate of drug-likeness (QED) is 0.815. The van der Waals surface area contributed by atoms with E-state index >= 15 is 0 Å². The molecule has 0 radical (unpaired) electrons. The molecule has 1 saturated carbocycles. The van der Waals surface area contributed by atoms with Gasteiger partial charge in [0, 0.05) is 6.04 Å². The maximum absolute atomic E-state index is 11.8. The number of benzene rings is 1. The molecule has 0 aromatic heterocycles. The van der Waals surface area contributed by atoms with Crippen LogP contribution < -0.4 is 5.73 Å². The van der Waals surface area contributed by atoms with Crippen molar-refractivity contribution < 1.29 is 9.53 Å². The Kier molecular flexibility index (Phi) is 2.96. The van der Waals surface area contributed by atoms with Gasteiger partial charge in [0.2, 0.25) is 0 Å². The lowest BCUT2D eigenvalue weighted by molar-refractivity contribution is -0.148. The summed E-state index contributed by atoms with van der Waals surface area (Å²) in [7, 11) is 1.43. The number of carbonyl (C=O) groups is 1. The van der Waals surface area contributed by atoms with E-state index in [0.29, 0.717) is 0 Å². The Morgan fingerprint density at radius 2 is 2.00 bits per heavy atom. The van der Waals surface area contributed by atoms with E-state index in [4.69, 9.17) is 10.5 Å². The Hall–Kier alpha value is -1.35. The average molecular weight is 233 g/mol. The summed E-state index contributed by atoms with van der Waals surface area (Å²) in [6, 6.07) is 5.88. The molecular weight excluding hydrogens is 214 g/mol. The molecule has 0 heterocycles. The molecule has 0 saturated heterocycles. The summed E-state index contributed by atoms with van der Waals surface area (Å²) in [5.41, 5.74) is 9.22. The van der Waals surface area contributed by atoms with Gasteiger partial charge in [0.25, 0.3) is 0 Å². The normalized spacial score (nSPS) is 18.6. The van der Waals surface area contributed by atoms with E-state index in [1.807, 2.05) is 6.07 Å². The Morgan fingerprint density at radius 3 is 2.47 bits per heavy atom. The van der Waals surface area contributed by atoms with Crippen molar-refractivity contribution in [1.82, 2.24) is 0 Å². The Bertz CT molecular complexity index is 450. The zero-order chi connectivity index (χ0) is 12.6. The first kappa shape index (κ1) is 12.1. The summed E-state index contributed by atoms with van der Waals surface area (Å²) in [4.78, 5) is 11.8. The molecule has 1 aromatic rings. The molecule has 0 spiro atoms. The van der Waals surface area contributed by atoms with Gasteiger partial charge in [0.05, 0.1) is 12.5 Å². The van der Waals surface area contributed by atoms with Crippen LogP contribution in [0.2, 0.25) is 0 Å². The molecule has 1 atom stereocenters. The van der Waals surface area contributed by atoms with Gasteiger partial charge in [0.15, 0.2) is 0 Å². The van der Waals surface area contributed by atoms with Crippen molar-refractivity contribution in [3.8, 4) is 0 Å². The predicted octanol–water partition coefficient (Wildman–Crippen LogP) is 2.26. The van der Waals surface area contributed by atoms with Gasteiger partial charge in [-0.3, -0.25) is 4.79 Å². The summed E-state index contributed by atoms with van der Waals surface area (Å²) in [5, 5.41) is 0. The standard InChI is InChI=1S/C14H19NO2/c1-9-4-5-11(8-10(9)2)12(15)14(6-7-14)13(16)17-3/h4-5,8,12H,6-7,15H2,1-3H3. The van der Waals surface area contributed by atoms with E-state index in [-0.39, 0.29) is 12.0 Å². The fraction of sp³-hybridized carbons (Fsp3) is 0.500. The van der Waals surface area contributed by atoms with E-state index in [1.54, 1.807) is 0 Å². The van der Waals surface area contributed by atoms with Crippen molar-refractivity contribution in [2.45, 2.75) is 32.7 Å². The van der Waals surface area contributed by atoms with Crippen LogP contribution in [0.1, 0.15) is 35.6 Å². The Labute approximate surface area is 102 Å². The van der Waals surface area contributed by atoms with Crippen molar-refractivity contribution in [1.29, 1.82) is 0 Å². The van der Waals surface area contributed by atoms with Crippen molar-refractivity contribution in [3.63, 3.8) is 0 Å². The minimum absolute atomic E-state index is 0.178. The highest BCUT2D eigenvalue weighted by Crippen LogP contribution is 2.54. The van der Waals surface area contributed by atoms with Crippen LogP contribution in [-0.2, 0) is 9.53 Å². The van der Waals surface area contributed by atoms with E-state index in [0.717, 1.165) is 18.4 Å². The van der Waals surface area contributed by atoms with Gasteiger partial charge < -0.3 is 10.5 Å². The molecule has 1 aliphatic rings. The maximum Gasteiger partial charge on any atom is 0.313 e. The molecule has 2 rings (SSSR count). The van der Waals surface area contributed by atoms with Crippen LogP contribution in [0.25, 0.3) is 0 Å². The topological polar surface area (TPSA) is 52.3 Å². The molecular formula is C14H19NO2. The number of nitrogens with two attached hydrogens (primary N) is 1. The van der Waals surface area contributed by atoms with Crippen molar-refractivity contribution in [2.75, 3.05) is 7.11 Å². The second kappa shape index (κ2) is 4.15. The third-order valence-corrected chi connectivity index (χ3v) is 3.87. The highest BCUT2D eigenvalue weighted by Gasteiger charge is 2.56. The smallest absolute Gasteiger partial charge is 0.313 e. The molecule has 17 heavy (non-hydrogen) atoms. The average Bonchev–Trinajstić information content (AvgIpc) is 3.12. The minimum atomic E-state index is -0.476. The predicted molar refractivity (Wildman–Crippen MR) is 66.5 cm³/mol. The molecule has 1 aliphatic carbocycles. The van der Waals surface area contributed by atoms with Gasteiger partial charge in [-0.2, -0.15) is 0 Å². The van der Waals surface area contributed by atoms with Gasteiger partial charge in [-0.05, 0) is 43.4 Å². The van der Waals surface area contributed by atoms with Gasteiger partial charge in [-0.1, -0.05) is 18.2 Å². The van der Waals surface area contributed by atoms with Gasteiger partial charge in [-0.25, -0.2) is 0 Å². The number of carbonyl (C=O) groups excluding carboxylic acids is 1. The number of aryl methyl sites for hydroxylation is 2. The van der Waals surface area contributed by atoms with Crippen LogP contribution in [-0.4, -0.2) is 13.1 Å². The number of rotatable bonds is 3. The molecule has 0 amide bonds. The van der Waals surface area contributed by atoms with Crippen LogP contribution in [0.4, 0.5) is 0 Å². The zero-order valence-electron chi connectivity index (χ0n) is 10.6. The number of ether oxygens (including phenoxy) is 1. The van der Waals surface area contributed by atoms with Crippen LogP contribution >= 0.6 is 0 Å². The Balaban J connectivity index is 2.28. The maximum atomic E-state index is 11.8. The molecule has 3 nitrogen and oxygen atoms in total. The van der Waals surface area contributed by atoms with Gasteiger partial charge in [-0.15, -0.1) is 0 Å². The summed E-state index contributed by atoms with van der Waals surface area (Å²) in [6.07, 6.45) is 1.65. The minimum Gasteiger partial charge on any atom is -0.469 e. The van der Waals surface area contributed by atoms with Gasteiger partial charge in [0.1, 0.15) is 0 Å². The highest BCUT2D eigenvalue weighted by molar-refractivity contribution is 5.81. The molecule has 0 bridgehead atoms. The fourth-order valence-corrected chi connectivity index (χ4v) is 2.26. The molecule has 92 valence electrons. The monoisotopic (exact) mass is 233 g/mol. The molecule has 1 unspecified atom stereocenters. The molecule has 2 N–H and O–H groups in total. The third-order valence-electron chi connectivity index (χ3n) is 3.87. The summed E-state index contributed by atoms with van der Waals surface area (Å²) in [5.74, 6) is -0.178. The molecule has 0 aliphatic heterocycles. The third kappa shape index (κ3) is 1.95. The van der Waals surface area contributed by atoms with E-state index in [2.05, 4.69) is 26.0 Å². The van der Waals surface area contributed by atoms with Crippen molar-refractivity contribution >= 4 is 5.97 Å². The summed E-state index contributed by atoms with van der Waals surface area (Å²) in [6.45, 7) is 4.13. The summed E-state index contributed by atoms with van der Waals surface area (Å²) >= 11 is 0. The first-order valence-electron chi connectivity index (χ1n) is 5.92. The van der Waals surface area contributed by atoms with Crippen molar-refractivity contribution in [3.05, 3.63) is 34.9 Å². The number of methoxy groups -OCH3 is 1. The SMILES string of the molecule is COC(=O)C1(C(N)c2ccc(C)c(C)c2)CC1. The zero-order valence-corrected chi connectivity index (χ0v) is 10.6. The number of esters is 1. The number of hydrogen-bond acceptors (Lipinski definition) is 3. The lowest BCUT2D eigenvalue weighted by Gasteiger charge is -2.22. The fourth-order valence-electron chi connectivity index (χ4n) is 2.26. The van der Waals surface area contributed by atoms with Crippen LogP contribution in [0.5, 0.6) is 0 Å². The second-order valence-corrected chi connectivity index (χ2v) is 4.97. The van der Waals surface area contributed by atoms with E-state index < -0.39 is 5.41 Å². The first-order valence-corrected chi connectivity index (χ1v) is 5.92. The molecule has 3 heteroatoms. The number of hydrogen-bond donors (Lipinski definition) is 1. The highest BCUT2D eigenvalue weighted by atomic mass is 16.5. The first-order chi connectivity index (χ1) is 8.01. The van der Waals surface area contributed by atoms with Gasteiger partial charge >= 0.3 is 5.97 Å². The van der Waals surface area contributed by atoms with Crippen LogP contribution in [0.3, 0.4) is 0 Å². The lowest BCUT2D eigenvalue weighted by atomic mass is 9.89. The summed E-state index contributed by atoms with van der Waals surface area (Å²) < 4.78 is 4.86. The van der Waals surface area contributed by atoms with E-state index in [1.165, 1.54) is 18.2 Å². The lowest BCUT2D eigenvalue weighted by Crippen LogP contribution is -2.31. The second-order valence-electron chi connectivity index (χ2n) is 4.97. The van der Waals surface area contributed by atoms with Crippen molar-refractivity contribution in [2.24, 2.45) is 11.1 Å². The van der Waals surface area contributed by atoms with E-state index in [9.17, 15) is 4.79 Å². The molecule has 1 fully saturated rings. The van der Waals surface area contributed by atoms with Crippen LogP contribution in [0.15, 0.2) is 18.2 Å². The molecule has 1 aromatic carbocycles. The van der Waals surface area contributed by atoms with Crippen LogP contribution in [0, 0.1) is 19.3 Å². The largest absolute Gasteiger partial charge is 0.469 e. The Morgan fingerprint density at radius 1 is 1.35 bits per heavy atom.